The molecule has 0 spiro atoms. The summed E-state index contributed by atoms with van der Waals surface area (Å²) < 4.78 is 6.31. The van der Waals surface area contributed by atoms with Crippen molar-refractivity contribution in [2.45, 2.75) is 176 Å². The van der Waals surface area contributed by atoms with Gasteiger partial charge in [0.1, 0.15) is 0 Å². The third-order valence-electron chi connectivity index (χ3n) is 8.32. The van der Waals surface area contributed by atoms with Gasteiger partial charge in [-0.3, -0.25) is 0 Å². The zero-order chi connectivity index (χ0) is 27.4. The van der Waals surface area contributed by atoms with Crippen molar-refractivity contribution in [2.24, 2.45) is 5.41 Å². The van der Waals surface area contributed by atoms with Crippen LogP contribution in [0.4, 0.5) is 0 Å². The molecule has 0 bridgehead atoms. The second-order valence-electron chi connectivity index (χ2n) is 12.4. The number of ether oxygens (including phenoxy) is 1. The quantitative estimate of drug-likeness (QED) is 0.108. The zero-order valence-electron chi connectivity index (χ0n) is 25.8. The topological polar surface area (TPSA) is 26.3 Å². The monoisotopic (exact) mass is 512 g/mol. The maximum atomic E-state index is 13.3. The molecule has 0 aliphatic rings. The Morgan fingerprint density at radius 2 is 1.24 bits per heavy atom. The summed E-state index contributed by atoms with van der Waals surface area (Å²) in [6, 6.07) is 4.25. The van der Waals surface area contributed by atoms with Crippen LogP contribution in [0.1, 0.15) is 168 Å². The van der Waals surface area contributed by atoms with Gasteiger partial charge >= 0.3 is 233 Å². The fourth-order valence-electron chi connectivity index (χ4n) is 5.79. The number of rotatable bonds is 23. The first-order valence-corrected chi connectivity index (χ1v) is 16.1. The van der Waals surface area contributed by atoms with Crippen LogP contribution in [0.15, 0.2) is 18.1 Å². The molecule has 212 valence electrons. The summed E-state index contributed by atoms with van der Waals surface area (Å²) in [5, 5.41) is 0. The molecule has 1 heterocycles. The molecule has 0 saturated heterocycles. The molecule has 0 saturated carbocycles. The molecule has 0 aliphatic carbocycles. The Morgan fingerprint density at radius 3 is 1.78 bits per heavy atom. The Bertz CT molecular complexity index is 704. The summed E-state index contributed by atoms with van der Waals surface area (Å²) in [7, 11) is 0. The van der Waals surface area contributed by atoms with E-state index in [0.29, 0.717) is 11.8 Å². The van der Waals surface area contributed by atoms with E-state index >= 15 is 0 Å². The van der Waals surface area contributed by atoms with Gasteiger partial charge in [-0.15, -0.1) is 0 Å². The van der Waals surface area contributed by atoms with Gasteiger partial charge in [0, 0.05) is 0 Å². The van der Waals surface area contributed by atoms with Crippen molar-refractivity contribution >= 4 is 12.9 Å². The molecule has 2 nitrogen and oxygen atoms in total. The molecule has 3 heteroatoms. The Hall–Kier alpha value is -1.12. The number of unbranched alkanes of at least 4 members (excludes halogenated alkanes) is 10. The van der Waals surface area contributed by atoms with Crippen LogP contribution in [0.3, 0.4) is 0 Å². The van der Waals surface area contributed by atoms with Gasteiger partial charge < -0.3 is 0 Å². The molecule has 1 aromatic heterocycles. The fraction of sp³-hybridized carbons (Fsp3) is 0.824. The Kier molecular flexibility index (Phi) is 18.2. The predicted molar refractivity (Wildman–Crippen MR) is 164 cm³/mol. The first kappa shape index (κ1) is 33.9. The van der Waals surface area contributed by atoms with Crippen LogP contribution >= 0.6 is 0 Å². The van der Waals surface area contributed by atoms with Crippen molar-refractivity contribution in [2.75, 3.05) is 0 Å². The number of carbonyl (C=O) groups excluding carboxylic acids is 1. The van der Waals surface area contributed by atoms with Crippen LogP contribution in [0, 0.1) is 5.41 Å². The van der Waals surface area contributed by atoms with Crippen molar-refractivity contribution < 1.29 is 9.53 Å². The average Bonchev–Trinajstić information content (AvgIpc) is 2.87. The summed E-state index contributed by atoms with van der Waals surface area (Å²) in [6.45, 7) is 16.0. The van der Waals surface area contributed by atoms with E-state index < -0.39 is 0 Å². The average molecular weight is 513 g/mol. The molecule has 0 aliphatic heterocycles. The molecular weight excluding hydrogens is 451 g/mol. The SMILES string of the molecule is CCCCCCC(C)(CCCC)Cc1bcccc1CC(=O)OC(C)(CCCCCC)CCCCCC. The number of esters is 1. The second-order valence-corrected chi connectivity index (χ2v) is 12.4. The predicted octanol–water partition coefficient (Wildman–Crippen LogP) is 10.5. The van der Waals surface area contributed by atoms with Gasteiger partial charge in [0.05, 0.1) is 0 Å². The van der Waals surface area contributed by atoms with Gasteiger partial charge in [-0.25, -0.2) is 0 Å². The third-order valence-corrected chi connectivity index (χ3v) is 8.32. The van der Waals surface area contributed by atoms with E-state index in [4.69, 9.17) is 4.74 Å². The van der Waals surface area contributed by atoms with E-state index in [9.17, 15) is 4.79 Å². The van der Waals surface area contributed by atoms with E-state index in [1.54, 1.807) is 0 Å². The third kappa shape index (κ3) is 15.2. The summed E-state index contributed by atoms with van der Waals surface area (Å²) in [6.07, 6.45) is 23.5. The molecule has 0 radical (unpaired) electrons. The van der Waals surface area contributed by atoms with Crippen molar-refractivity contribution in [1.82, 2.24) is 0 Å². The van der Waals surface area contributed by atoms with Gasteiger partial charge in [-0.05, 0) is 0 Å². The molecule has 0 N–H and O–H groups in total. The van der Waals surface area contributed by atoms with Crippen molar-refractivity contribution in [3.63, 3.8) is 0 Å². The molecule has 1 unspecified atom stereocenters. The van der Waals surface area contributed by atoms with Crippen LogP contribution < -0.4 is 0 Å². The van der Waals surface area contributed by atoms with E-state index in [0.717, 1.165) is 32.1 Å². The molecule has 0 aromatic carbocycles. The maximum absolute atomic E-state index is 13.3. The summed E-state index contributed by atoms with van der Waals surface area (Å²) in [4.78, 5) is 13.3. The molecule has 0 fully saturated rings. The second kappa shape index (κ2) is 19.9. The van der Waals surface area contributed by atoms with Crippen LogP contribution in [0.5, 0.6) is 0 Å². The van der Waals surface area contributed by atoms with Gasteiger partial charge in [0.25, 0.3) is 0 Å². The normalized spacial score (nSPS) is 13.4. The molecule has 1 aromatic rings. The van der Waals surface area contributed by atoms with Crippen LogP contribution in [0.2, 0.25) is 0 Å². The van der Waals surface area contributed by atoms with Crippen LogP contribution in [0.25, 0.3) is 0 Å². The number of hydrogen-bond donors (Lipinski definition) is 0. The molecule has 0 amide bonds. The number of carbonyl (C=O) groups is 1. The van der Waals surface area contributed by atoms with Gasteiger partial charge in [-0.1, -0.05) is 0 Å². The van der Waals surface area contributed by atoms with E-state index in [1.807, 2.05) is 0 Å². The first-order valence-electron chi connectivity index (χ1n) is 16.1. The molecular formula is C34H61BO2. The summed E-state index contributed by atoms with van der Waals surface area (Å²) in [5.74, 6) is 2.10. The Balaban J connectivity index is 2.90. The van der Waals surface area contributed by atoms with Crippen molar-refractivity contribution in [3.8, 4) is 0 Å². The van der Waals surface area contributed by atoms with Crippen molar-refractivity contribution in [3.05, 3.63) is 29.1 Å². The standard InChI is InChI=1S/C34H61BO2/c1-7-11-15-18-24-33(5,23-14-10-4)29-31-30(22-21-27-35-31)28-32(36)37-34(6,25-19-16-12-8-2)26-20-17-13-9-3/h21-22,27H,7-20,23-26,28-29H2,1-6H3. The van der Waals surface area contributed by atoms with Crippen LogP contribution in [-0.4, -0.2) is 18.5 Å². The first-order chi connectivity index (χ1) is 17.8. The van der Waals surface area contributed by atoms with E-state index in [2.05, 4.69) is 66.5 Å². The summed E-state index contributed by atoms with van der Waals surface area (Å²) >= 11 is 0. The van der Waals surface area contributed by atoms with Crippen molar-refractivity contribution in [1.29, 1.82) is 0 Å². The summed E-state index contributed by atoms with van der Waals surface area (Å²) in [5.41, 5.74) is 2.49. The molecule has 1 rings (SSSR count). The van der Waals surface area contributed by atoms with Crippen LogP contribution in [-0.2, 0) is 22.4 Å². The number of hydrogen-bond acceptors (Lipinski definition) is 2. The van der Waals surface area contributed by atoms with Gasteiger partial charge in [0.15, 0.2) is 0 Å². The van der Waals surface area contributed by atoms with Gasteiger partial charge in [-0.2, -0.15) is 0 Å². The zero-order valence-corrected chi connectivity index (χ0v) is 25.8. The molecule has 37 heavy (non-hydrogen) atoms. The Morgan fingerprint density at radius 1 is 0.730 bits per heavy atom. The minimum absolute atomic E-state index is 0.0425. The van der Waals surface area contributed by atoms with E-state index in [1.165, 1.54) is 101 Å². The molecule has 1 atom stereocenters. The van der Waals surface area contributed by atoms with E-state index in [-0.39, 0.29) is 11.6 Å². The Labute approximate surface area is 232 Å². The minimum atomic E-state index is -0.331. The van der Waals surface area contributed by atoms with Gasteiger partial charge in [0.2, 0.25) is 0 Å². The fourth-order valence-corrected chi connectivity index (χ4v) is 5.79.